The van der Waals surface area contributed by atoms with Crippen LogP contribution in [0.1, 0.15) is 5.56 Å². The molecule has 0 radical (unpaired) electrons. The van der Waals surface area contributed by atoms with E-state index in [0.717, 1.165) is 22.3 Å². The highest BCUT2D eigenvalue weighted by Gasteiger charge is 2.07. The van der Waals surface area contributed by atoms with E-state index in [1.807, 2.05) is 18.2 Å². The van der Waals surface area contributed by atoms with Crippen LogP contribution in [0.15, 0.2) is 30.3 Å². The Hall–Kier alpha value is -2.21. The molecule has 0 heterocycles. The number of hydrogen-bond donors (Lipinski definition) is 0. The van der Waals surface area contributed by atoms with E-state index in [4.69, 9.17) is 14.7 Å². The largest absolute Gasteiger partial charge is 0.497 e. The molecule has 3 nitrogen and oxygen atoms in total. The highest BCUT2D eigenvalue weighted by Crippen LogP contribution is 2.31. The van der Waals surface area contributed by atoms with Crippen molar-refractivity contribution in [2.75, 3.05) is 14.2 Å². The molecular weight excluding hydrogens is 202 g/mol. The van der Waals surface area contributed by atoms with E-state index in [1.54, 1.807) is 26.4 Å². The maximum absolute atomic E-state index is 9.00. The molecule has 0 saturated heterocycles. The lowest BCUT2D eigenvalue weighted by molar-refractivity contribution is 0.412. The zero-order valence-corrected chi connectivity index (χ0v) is 9.15. The standard InChI is InChI=1S/C13H11NO2/c1-15-10-4-5-11-9(8-14)3-6-13(16-2)12(11)7-10/h3-7H,1-2H3. The Morgan fingerprint density at radius 1 is 1.00 bits per heavy atom. The highest BCUT2D eigenvalue weighted by atomic mass is 16.5. The Morgan fingerprint density at radius 2 is 1.81 bits per heavy atom. The number of ether oxygens (including phenoxy) is 2. The van der Waals surface area contributed by atoms with Crippen LogP contribution in [0.25, 0.3) is 10.8 Å². The van der Waals surface area contributed by atoms with Crippen molar-refractivity contribution in [2.24, 2.45) is 0 Å². The number of hydrogen-bond acceptors (Lipinski definition) is 3. The minimum absolute atomic E-state index is 0.637. The minimum Gasteiger partial charge on any atom is -0.497 e. The summed E-state index contributed by atoms with van der Waals surface area (Å²) in [5, 5.41) is 10.8. The molecule has 0 aliphatic rings. The molecule has 3 heteroatoms. The summed E-state index contributed by atoms with van der Waals surface area (Å²) < 4.78 is 10.4. The van der Waals surface area contributed by atoms with Crippen molar-refractivity contribution in [1.82, 2.24) is 0 Å². The van der Waals surface area contributed by atoms with E-state index in [2.05, 4.69) is 6.07 Å². The van der Waals surface area contributed by atoms with Crippen LogP contribution in [-0.4, -0.2) is 14.2 Å². The zero-order valence-electron chi connectivity index (χ0n) is 9.15. The summed E-state index contributed by atoms with van der Waals surface area (Å²) in [4.78, 5) is 0. The van der Waals surface area contributed by atoms with E-state index in [9.17, 15) is 0 Å². The minimum atomic E-state index is 0.637. The number of nitrogens with zero attached hydrogens (tertiary/aromatic N) is 1. The first-order valence-electron chi connectivity index (χ1n) is 4.85. The van der Waals surface area contributed by atoms with Gasteiger partial charge in [-0.2, -0.15) is 5.26 Å². The maximum atomic E-state index is 9.00. The molecule has 0 aliphatic heterocycles. The van der Waals surface area contributed by atoms with Crippen molar-refractivity contribution in [3.8, 4) is 17.6 Å². The van der Waals surface area contributed by atoms with Gasteiger partial charge < -0.3 is 9.47 Å². The Balaban J connectivity index is 2.81. The normalized spacial score (nSPS) is 9.81. The van der Waals surface area contributed by atoms with Gasteiger partial charge in [0, 0.05) is 10.8 Å². The molecule has 2 rings (SSSR count). The zero-order chi connectivity index (χ0) is 11.5. The molecule has 0 bridgehead atoms. The lowest BCUT2D eigenvalue weighted by Gasteiger charge is -2.08. The molecule has 0 aromatic heterocycles. The fourth-order valence-corrected chi connectivity index (χ4v) is 1.70. The third-order valence-corrected chi connectivity index (χ3v) is 2.52. The molecule has 2 aromatic carbocycles. The SMILES string of the molecule is COc1ccc2c(C#N)ccc(OC)c2c1. The Bertz CT molecular complexity index is 570. The van der Waals surface area contributed by atoms with Gasteiger partial charge in [0.25, 0.3) is 0 Å². The van der Waals surface area contributed by atoms with Gasteiger partial charge in [0.2, 0.25) is 0 Å². The van der Waals surface area contributed by atoms with E-state index < -0.39 is 0 Å². The Labute approximate surface area is 93.8 Å². The predicted molar refractivity (Wildman–Crippen MR) is 61.8 cm³/mol. The molecule has 0 amide bonds. The molecule has 0 aliphatic carbocycles. The van der Waals surface area contributed by atoms with Crippen molar-refractivity contribution in [3.05, 3.63) is 35.9 Å². The molecule has 16 heavy (non-hydrogen) atoms. The van der Waals surface area contributed by atoms with Gasteiger partial charge in [-0.15, -0.1) is 0 Å². The number of fused-ring (bicyclic) bond motifs is 1. The number of methoxy groups -OCH3 is 2. The maximum Gasteiger partial charge on any atom is 0.126 e. The first-order chi connectivity index (χ1) is 7.80. The summed E-state index contributed by atoms with van der Waals surface area (Å²) >= 11 is 0. The van der Waals surface area contributed by atoms with E-state index in [-0.39, 0.29) is 0 Å². The van der Waals surface area contributed by atoms with Crippen LogP contribution < -0.4 is 9.47 Å². The second-order valence-electron chi connectivity index (χ2n) is 3.34. The Kier molecular flexibility index (Phi) is 2.65. The average Bonchev–Trinajstić information content (AvgIpc) is 2.36. The monoisotopic (exact) mass is 213 g/mol. The van der Waals surface area contributed by atoms with Gasteiger partial charge in [-0.1, -0.05) is 0 Å². The third kappa shape index (κ3) is 1.55. The lowest BCUT2D eigenvalue weighted by Crippen LogP contribution is -1.89. The first-order valence-corrected chi connectivity index (χ1v) is 4.85. The van der Waals surface area contributed by atoms with Gasteiger partial charge in [-0.05, 0) is 30.3 Å². The Morgan fingerprint density at radius 3 is 2.44 bits per heavy atom. The van der Waals surface area contributed by atoms with Crippen LogP contribution in [-0.2, 0) is 0 Å². The van der Waals surface area contributed by atoms with Crippen molar-refractivity contribution >= 4 is 10.8 Å². The van der Waals surface area contributed by atoms with Gasteiger partial charge in [0.1, 0.15) is 11.5 Å². The summed E-state index contributed by atoms with van der Waals surface area (Å²) in [5.41, 5.74) is 0.637. The van der Waals surface area contributed by atoms with Crippen molar-refractivity contribution in [3.63, 3.8) is 0 Å². The van der Waals surface area contributed by atoms with Gasteiger partial charge in [-0.25, -0.2) is 0 Å². The van der Waals surface area contributed by atoms with Crippen molar-refractivity contribution < 1.29 is 9.47 Å². The van der Waals surface area contributed by atoms with Crippen LogP contribution in [0.3, 0.4) is 0 Å². The third-order valence-electron chi connectivity index (χ3n) is 2.52. The fraction of sp³-hybridized carbons (Fsp3) is 0.154. The quantitative estimate of drug-likeness (QED) is 0.770. The van der Waals surface area contributed by atoms with Crippen LogP contribution in [0.5, 0.6) is 11.5 Å². The van der Waals surface area contributed by atoms with Gasteiger partial charge in [0.05, 0.1) is 25.9 Å². The second kappa shape index (κ2) is 4.11. The van der Waals surface area contributed by atoms with E-state index >= 15 is 0 Å². The molecule has 80 valence electrons. The van der Waals surface area contributed by atoms with E-state index in [1.165, 1.54) is 0 Å². The molecule has 2 aromatic rings. The highest BCUT2D eigenvalue weighted by molar-refractivity contribution is 5.93. The van der Waals surface area contributed by atoms with Crippen LogP contribution in [0.2, 0.25) is 0 Å². The van der Waals surface area contributed by atoms with Gasteiger partial charge >= 0.3 is 0 Å². The van der Waals surface area contributed by atoms with Crippen molar-refractivity contribution in [2.45, 2.75) is 0 Å². The molecular formula is C13H11NO2. The number of nitriles is 1. The summed E-state index contributed by atoms with van der Waals surface area (Å²) in [6, 6.07) is 11.3. The van der Waals surface area contributed by atoms with E-state index in [0.29, 0.717) is 5.56 Å². The average molecular weight is 213 g/mol. The molecule has 0 unspecified atom stereocenters. The van der Waals surface area contributed by atoms with Gasteiger partial charge in [-0.3, -0.25) is 0 Å². The first kappa shape index (κ1) is 10.3. The lowest BCUT2D eigenvalue weighted by atomic mass is 10.0. The van der Waals surface area contributed by atoms with Gasteiger partial charge in [0.15, 0.2) is 0 Å². The van der Waals surface area contributed by atoms with Crippen LogP contribution >= 0.6 is 0 Å². The summed E-state index contributed by atoms with van der Waals surface area (Å²) in [6.45, 7) is 0. The summed E-state index contributed by atoms with van der Waals surface area (Å²) in [7, 11) is 3.22. The second-order valence-corrected chi connectivity index (χ2v) is 3.34. The van der Waals surface area contributed by atoms with Crippen LogP contribution in [0.4, 0.5) is 0 Å². The fourth-order valence-electron chi connectivity index (χ4n) is 1.70. The molecule has 0 N–H and O–H groups in total. The molecule has 0 spiro atoms. The smallest absolute Gasteiger partial charge is 0.126 e. The summed E-state index contributed by atoms with van der Waals surface area (Å²) in [5.74, 6) is 1.49. The van der Waals surface area contributed by atoms with Crippen molar-refractivity contribution in [1.29, 1.82) is 5.26 Å². The number of benzene rings is 2. The topological polar surface area (TPSA) is 42.2 Å². The predicted octanol–water partition coefficient (Wildman–Crippen LogP) is 2.73. The van der Waals surface area contributed by atoms with Crippen LogP contribution in [0, 0.1) is 11.3 Å². The summed E-state index contributed by atoms with van der Waals surface area (Å²) in [6.07, 6.45) is 0. The molecule has 0 atom stereocenters. The number of rotatable bonds is 2. The molecule has 0 saturated carbocycles. The molecule has 0 fully saturated rings.